The van der Waals surface area contributed by atoms with Crippen molar-refractivity contribution in [2.45, 2.75) is 65.9 Å². The first-order valence-corrected chi connectivity index (χ1v) is 7.49. The summed E-state index contributed by atoms with van der Waals surface area (Å²) in [5.74, 6) is 1.79. The standard InChI is InChI=1S/C15H29NO2/c1-5-6-9-16-15(17)18-14-10-12(4)7-8-13(14)11(2)3/h11-14H,5-10H2,1-4H3,(H,16,17)/t12-,13+,14-/m0/s1. The summed E-state index contributed by atoms with van der Waals surface area (Å²) >= 11 is 0. The molecule has 0 aliphatic heterocycles. The van der Waals surface area contributed by atoms with Crippen LogP contribution in [0.3, 0.4) is 0 Å². The summed E-state index contributed by atoms with van der Waals surface area (Å²) in [7, 11) is 0. The maximum absolute atomic E-state index is 11.7. The number of alkyl carbamates (subject to hydrolysis) is 1. The van der Waals surface area contributed by atoms with Crippen LogP contribution in [0.4, 0.5) is 4.79 Å². The van der Waals surface area contributed by atoms with E-state index in [0.29, 0.717) is 17.8 Å². The third kappa shape index (κ3) is 4.87. The van der Waals surface area contributed by atoms with Gasteiger partial charge in [-0.3, -0.25) is 0 Å². The van der Waals surface area contributed by atoms with E-state index in [9.17, 15) is 4.79 Å². The fraction of sp³-hybridized carbons (Fsp3) is 0.933. The average Bonchev–Trinajstić information content (AvgIpc) is 2.29. The smallest absolute Gasteiger partial charge is 0.407 e. The molecule has 1 saturated carbocycles. The van der Waals surface area contributed by atoms with Gasteiger partial charge in [-0.15, -0.1) is 0 Å². The van der Waals surface area contributed by atoms with Crippen molar-refractivity contribution in [2.75, 3.05) is 6.54 Å². The molecule has 1 rings (SSSR count). The van der Waals surface area contributed by atoms with Crippen molar-refractivity contribution >= 4 is 6.09 Å². The van der Waals surface area contributed by atoms with Crippen LogP contribution in [0, 0.1) is 17.8 Å². The minimum Gasteiger partial charge on any atom is -0.446 e. The van der Waals surface area contributed by atoms with E-state index in [1.54, 1.807) is 0 Å². The fourth-order valence-electron chi connectivity index (χ4n) is 2.80. The third-order valence-electron chi connectivity index (χ3n) is 4.02. The van der Waals surface area contributed by atoms with Gasteiger partial charge in [-0.2, -0.15) is 0 Å². The van der Waals surface area contributed by atoms with Gasteiger partial charge in [-0.1, -0.05) is 40.5 Å². The van der Waals surface area contributed by atoms with E-state index in [1.807, 2.05) is 0 Å². The van der Waals surface area contributed by atoms with Crippen molar-refractivity contribution in [3.63, 3.8) is 0 Å². The van der Waals surface area contributed by atoms with E-state index >= 15 is 0 Å². The zero-order chi connectivity index (χ0) is 13.5. The van der Waals surface area contributed by atoms with Crippen LogP contribution in [0.1, 0.15) is 59.8 Å². The first-order valence-electron chi connectivity index (χ1n) is 7.49. The summed E-state index contributed by atoms with van der Waals surface area (Å²) in [6.45, 7) is 9.55. The number of rotatable bonds is 5. The maximum atomic E-state index is 11.7. The van der Waals surface area contributed by atoms with Crippen molar-refractivity contribution in [2.24, 2.45) is 17.8 Å². The predicted molar refractivity (Wildman–Crippen MR) is 74.5 cm³/mol. The van der Waals surface area contributed by atoms with Gasteiger partial charge < -0.3 is 10.1 Å². The number of ether oxygens (including phenoxy) is 1. The van der Waals surface area contributed by atoms with Crippen molar-refractivity contribution in [3.8, 4) is 0 Å². The monoisotopic (exact) mass is 255 g/mol. The first kappa shape index (κ1) is 15.3. The van der Waals surface area contributed by atoms with Crippen LogP contribution in [-0.4, -0.2) is 18.7 Å². The van der Waals surface area contributed by atoms with E-state index in [4.69, 9.17) is 4.74 Å². The third-order valence-corrected chi connectivity index (χ3v) is 4.02. The molecule has 0 radical (unpaired) electrons. The molecule has 0 unspecified atom stereocenters. The first-order chi connectivity index (χ1) is 8.54. The maximum Gasteiger partial charge on any atom is 0.407 e. The Morgan fingerprint density at radius 3 is 2.72 bits per heavy atom. The van der Waals surface area contributed by atoms with Gasteiger partial charge in [0, 0.05) is 6.54 Å². The molecular formula is C15H29NO2. The van der Waals surface area contributed by atoms with Gasteiger partial charge in [-0.25, -0.2) is 4.79 Å². The number of nitrogens with one attached hydrogen (secondary N) is 1. The molecule has 1 amide bonds. The molecule has 0 bridgehead atoms. The summed E-state index contributed by atoms with van der Waals surface area (Å²) in [6, 6.07) is 0. The summed E-state index contributed by atoms with van der Waals surface area (Å²) in [4.78, 5) is 11.7. The van der Waals surface area contributed by atoms with E-state index in [1.165, 1.54) is 12.8 Å². The van der Waals surface area contributed by atoms with E-state index < -0.39 is 0 Å². The number of amides is 1. The van der Waals surface area contributed by atoms with Crippen LogP contribution in [0.15, 0.2) is 0 Å². The zero-order valence-electron chi connectivity index (χ0n) is 12.4. The van der Waals surface area contributed by atoms with Crippen LogP contribution in [-0.2, 0) is 4.74 Å². The SMILES string of the molecule is CCCCNC(=O)O[C@H]1C[C@@H](C)CC[C@@H]1C(C)C. The second-order valence-corrected chi connectivity index (χ2v) is 6.05. The fourth-order valence-corrected chi connectivity index (χ4v) is 2.80. The average molecular weight is 255 g/mol. The van der Waals surface area contributed by atoms with Crippen LogP contribution in [0.2, 0.25) is 0 Å². The molecule has 0 aromatic carbocycles. The lowest BCUT2D eigenvalue weighted by atomic mass is 9.75. The molecule has 0 spiro atoms. The van der Waals surface area contributed by atoms with Crippen LogP contribution >= 0.6 is 0 Å². The molecule has 18 heavy (non-hydrogen) atoms. The van der Waals surface area contributed by atoms with Gasteiger partial charge in [0.2, 0.25) is 0 Å². The summed E-state index contributed by atoms with van der Waals surface area (Å²) in [5.41, 5.74) is 0. The number of carbonyl (C=O) groups excluding carboxylic acids is 1. The Kier molecular flexibility index (Phi) is 6.51. The van der Waals surface area contributed by atoms with E-state index in [-0.39, 0.29) is 12.2 Å². The minimum atomic E-state index is -0.229. The van der Waals surface area contributed by atoms with Crippen LogP contribution in [0.25, 0.3) is 0 Å². The lowest BCUT2D eigenvalue weighted by molar-refractivity contribution is 0.00624. The lowest BCUT2D eigenvalue weighted by Crippen LogP contribution is -2.39. The lowest BCUT2D eigenvalue weighted by Gasteiger charge is -2.36. The molecule has 0 aromatic rings. The highest BCUT2D eigenvalue weighted by Gasteiger charge is 2.33. The van der Waals surface area contributed by atoms with Crippen LogP contribution < -0.4 is 5.32 Å². The Labute approximate surface area is 112 Å². The van der Waals surface area contributed by atoms with Crippen molar-refractivity contribution < 1.29 is 9.53 Å². The van der Waals surface area contributed by atoms with Gasteiger partial charge in [0.25, 0.3) is 0 Å². The van der Waals surface area contributed by atoms with Gasteiger partial charge in [0.15, 0.2) is 0 Å². The Morgan fingerprint density at radius 1 is 1.39 bits per heavy atom. The Morgan fingerprint density at radius 2 is 2.11 bits per heavy atom. The molecule has 1 fully saturated rings. The van der Waals surface area contributed by atoms with Gasteiger partial charge in [-0.05, 0) is 37.0 Å². The molecule has 106 valence electrons. The van der Waals surface area contributed by atoms with E-state index in [2.05, 4.69) is 33.0 Å². The van der Waals surface area contributed by atoms with Crippen molar-refractivity contribution in [1.82, 2.24) is 5.32 Å². The Bertz CT molecular complexity index is 253. The zero-order valence-corrected chi connectivity index (χ0v) is 12.4. The molecule has 3 heteroatoms. The van der Waals surface area contributed by atoms with Crippen molar-refractivity contribution in [1.29, 1.82) is 0 Å². The molecule has 0 heterocycles. The highest BCUT2D eigenvalue weighted by molar-refractivity contribution is 5.67. The largest absolute Gasteiger partial charge is 0.446 e. The topological polar surface area (TPSA) is 38.3 Å². The number of unbranched alkanes of at least 4 members (excludes halogenated alkanes) is 1. The molecule has 1 aliphatic carbocycles. The second kappa shape index (κ2) is 7.65. The highest BCUT2D eigenvalue weighted by atomic mass is 16.6. The molecule has 1 N–H and O–H groups in total. The van der Waals surface area contributed by atoms with Crippen molar-refractivity contribution in [3.05, 3.63) is 0 Å². The molecule has 0 aromatic heterocycles. The molecule has 0 saturated heterocycles. The normalized spacial score (nSPS) is 28.2. The number of hydrogen-bond acceptors (Lipinski definition) is 2. The van der Waals surface area contributed by atoms with Gasteiger partial charge in [0.1, 0.15) is 6.10 Å². The number of hydrogen-bond donors (Lipinski definition) is 1. The molecular weight excluding hydrogens is 226 g/mol. The second-order valence-electron chi connectivity index (χ2n) is 6.05. The highest BCUT2D eigenvalue weighted by Crippen LogP contribution is 2.35. The Hall–Kier alpha value is -0.730. The van der Waals surface area contributed by atoms with Crippen LogP contribution in [0.5, 0.6) is 0 Å². The molecule has 3 atom stereocenters. The van der Waals surface area contributed by atoms with Gasteiger partial charge >= 0.3 is 6.09 Å². The molecule has 3 nitrogen and oxygen atoms in total. The summed E-state index contributed by atoms with van der Waals surface area (Å²) in [6.07, 6.45) is 5.46. The number of carbonyl (C=O) groups is 1. The van der Waals surface area contributed by atoms with E-state index in [0.717, 1.165) is 25.8 Å². The molecule has 1 aliphatic rings. The Balaban J connectivity index is 2.42. The minimum absolute atomic E-state index is 0.107. The predicted octanol–water partition coefficient (Wildman–Crippen LogP) is 3.97. The summed E-state index contributed by atoms with van der Waals surface area (Å²) in [5, 5.41) is 2.84. The quantitative estimate of drug-likeness (QED) is 0.755. The van der Waals surface area contributed by atoms with Gasteiger partial charge in [0.05, 0.1) is 0 Å². The summed E-state index contributed by atoms with van der Waals surface area (Å²) < 4.78 is 5.63.